The Hall–Kier alpha value is -0.720. The van der Waals surface area contributed by atoms with E-state index in [1.165, 1.54) is 31.5 Å². The van der Waals surface area contributed by atoms with E-state index in [0.29, 0.717) is 12.3 Å². The van der Waals surface area contributed by atoms with Gasteiger partial charge in [0.25, 0.3) is 0 Å². The maximum atomic E-state index is 12.3. The van der Waals surface area contributed by atoms with Gasteiger partial charge in [-0.2, -0.15) is 0 Å². The molecule has 2 saturated heterocycles. The van der Waals surface area contributed by atoms with Gasteiger partial charge in [0, 0.05) is 50.5 Å². The lowest BCUT2D eigenvalue weighted by Crippen LogP contribution is -2.47. The molecule has 5 nitrogen and oxygen atoms in total. The van der Waals surface area contributed by atoms with Crippen LogP contribution >= 0.6 is 37.2 Å². The summed E-state index contributed by atoms with van der Waals surface area (Å²) in [6.07, 6.45) is 5.67. The number of halogens is 3. The number of hydrogen-bond acceptors (Lipinski definition) is 4. The van der Waals surface area contributed by atoms with Crippen LogP contribution in [0.2, 0.25) is 0 Å². The number of rotatable bonds is 7. The van der Waals surface area contributed by atoms with Gasteiger partial charge in [-0.3, -0.25) is 9.69 Å². The summed E-state index contributed by atoms with van der Waals surface area (Å²) in [5.41, 5.74) is 2.16. The number of carbonyl (C=O) groups excluding carboxylic acids is 1. The van der Waals surface area contributed by atoms with Gasteiger partial charge < -0.3 is 15.5 Å². The molecule has 3 fully saturated rings. The van der Waals surface area contributed by atoms with Crippen molar-refractivity contribution in [3.63, 3.8) is 0 Å². The lowest BCUT2D eigenvalue weighted by Gasteiger charge is -2.36. The molecule has 1 aliphatic carbocycles. The second-order valence-electron chi connectivity index (χ2n) is 8.23. The van der Waals surface area contributed by atoms with Gasteiger partial charge in [-0.25, -0.2) is 0 Å². The van der Waals surface area contributed by atoms with Gasteiger partial charge in [-0.05, 0) is 68.8 Å². The van der Waals surface area contributed by atoms with Crippen molar-refractivity contribution < 1.29 is 4.79 Å². The third kappa shape index (κ3) is 8.14. The van der Waals surface area contributed by atoms with Crippen LogP contribution in [0.4, 0.5) is 11.4 Å². The summed E-state index contributed by atoms with van der Waals surface area (Å²) in [7, 11) is 0. The first kappa shape index (κ1) is 26.3. The van der Waals surface area contributed by atoms with Gasteiger partial charge in [0.05, 0.1) is 0 Å². The summed E-state index contributed by atoms with van der Waals surface area (Å²) in [6, 6.07) is 8.35. The monoisotopic (exact) mass is 464 g/mol. The molecule has 1 aromatic carbocycles. The van der Waals surface area contributed by atoms with Crippen molar-refractivity contribution >= 4 is 54.5 Å². The van der Waals surface area contributed by atoms with Gasteiger partial charge in [-0.1, -0.05) is 6.07 Å². The van der Waals surface area contributed by atoms with Gasteiger partial charge in [0.2, 0.25) is 5.91 Å². The van der Waals surface area contributed by atoms with Gasteiger partial charge in [0.1, 0.15) is 0 Å². The van der Waals surface area contributed by atoms with E-state index >= 15 is 0 Å². The summed E-state index contributed by atoms with van der Waals surface area (Å²) >= 11 is 0. The molecule has 0 bridgehead atoms. The smallest absolute Gasteiger partial charge is 0.224 e. The zero-order valence-corrected chi connectivity index (χ0v) is 19.4. The number of benzene rings is 1. The summed E-state index contributed by atoms with van der Waals surface area (Å²) in [4.78, 5) is 17.3. The van der Waals surface area contributed by atoms with E-state index in [0.717, 1.165) is 57.3 Å². The Bertz CT molecular complexity index is 616. The first-order valence-corrected chi connectivity index (χ1v) is 10.3. The quantitative estimate of drug-likeness (QED) is 0.643. The van der Waals surface area contributed by atoms with Crippen molar-refractivity contribution in [1.82, 2.24) is 10.2 Å². The minimum absolute atomic E-state index is 0. The summed E-state index contributed by atoms with van der Waals surface area (Å²) < 4.78 is 0. The maximum Gasteiger partial charge on any atom is 0.224 e. The van der Waals surface area contributed by atoms with E-state index in [4.69, 9.17) is 0 Å². The van der Waals surface area contributed by atoms with Crippen molar-refractivity contribution in [3.8, 4) is 0 Å². The predicted molar refractivity (Wildman–Crippen MR) is 128 cm³/mol. The fourth-order valence-electron chi connectivity index (χ4n) is 4.15. The maximum absolute atomic E-state index is 12.3. The Morgan fingerprint density at radius 1 is 1.03 bits per heavy atom. The Morgan fingerprint density at radius 2 is 1.79 bits per heavy atom. The molecule has 166 valence electrons. The van der Waals surface area contributed by atoms with Gasteiger partial charge in [0.15, 0.2) is 0 Å². The second-order valence-corrected chi connectivity index (χ2v) is 8.23. The molecule has 1 amide bonds. The first-order valence-electron chi connectivity index (χ1n) is 10.3. The molecule has 3 aliphatic rings. The van der Waals surface area contributed by atoms with Crippen LogP contribution in [0.25, 0.3) is 0 Å². The standard InChI is InChI=1S/C21H32N4O.3ClH/c26-21(7-6-17-8-9-22-15-17)23-19-2-1-3-20(14-19)25-12-10-24(11-13-25)16-18-4-5-18;;;/h1-3,14,17-18,22H,4-13,15-16H2,(H,23,26);3*1H. The summed E-state index contributed by atoms with van der Waals surface area (Å²) in [5.74, 6) is 1.78. The van der Waals surface area contributed by atoms with E-state index in [2.05, 4.69) is 38.6 Å². The van der Waals surface area contributed by atoms with Crippen LogP contribution in [0, 0.1) is 11.8 Å². The highest BCUT2D eigenvalue weighted by Crippen LogP contribution is 2.30. The third-order valence-corrected chi connectivity index (χ3v) is 6.02. The van der Waals surface area contributed by atoms with Crippen molar-refractivity contribution in [2.24, 2.45) is 11.8 Å². The number of carbonyl (C=O) groups is 1. The van der Waals surface area contributed by atoms with Crippen LogP contribution in [0.5, 0.6) is 0 Å². The van der Waals surface area contributed by atoms with Crippen LogP contribution in [0.3, 0.4) is 0 Å². The van der Waals surface area contributed by atoms with E-state index in [1.807, 2.05) is 6.07 Å². The normalized spacial score (nSPS) is 21.5. The molecule has 1 unspecified atom stereocenters. The van der Waals surface area contributed by atoms with Crippen molar-refractivity contribution in [2.75, 3.05) is 56.0 Å². The molecule has 0 aromatic heterocycles. The van der Waals surface area contributed by atoms with Crippen LogP contribution in [0.15, 0.2) is 24.3 Å². The lowest BCUT2D eigenvalue weighted by atomic mass is 10.0. The van der Waals surface area contributed by atoms with Crippen LogP contribution in [0.1, 0.15) is 32.1 Å². The Balaban J connectivity index is 0.00000140. The number of nitrogens with one attached hydrogen (secondary N) is 2. The number of nitrogens with zero attached hydrogens (tertiary/aromatic N) is 2. The topological polar surface area (TPSA) is 47.6 Å². The number of amides is 1. The molecule has 2 heterocycles. The average molecular weight is 466 g/mol. The van der Waals surface area contributed by atoms with E-state index in [1.54, 1.807) is 0 Å². The first-order chi connectivity index (χ1) is 12.8. The molecule has 0 radical (unpaired) electrons. The molecule has 1 atom stereocenters. The molecule has 1 saturated carbocycles. The molecule has 2 aliphatic heterocycles. The fourth-order valence-corrected chi connectivity index (χ4v) is 4.15. The van der Waals surface area contributed by atoms with Crippen molar-refractivity contribution in [2.45, 2.75) is 32.1 Å². The van der Waals surface area contributed by atoms with E-state index in [9.17, 15) is 4.79 Å². The third-order valence-electron chi connectivity index (χ3n) is 6.02. The molecule has 2 N–H and O–H groups in total. The minimum Gasteiger partial charge on any atom is -0.369 e. The largest absolute Gasteiger partial charge is 0.369 e. The molecular weight excluding hydrogens is 431 g/mol. The van der Waals surface area contributed by atoms with Gasteiger partial charge >= 0.3 is 0 Å². The molecule has 0 spiro atoms. The lowest BCUT2D eigenvalue weighted by molar-refractivity contribution is -0.116. The van der Waals surface area contributed by atoms with Crippen molar-refractivity contribution in [1.29, 1.82) is 0 Å². The average Bonchev–Trinajstić information content (AvgIpc) is 3.31. The Kier molecular flexibility index (Phi) is 11.7. The predicted octanol–water partition coefficient (Wildman–Crippen LogP) is 3.81. The number of hydrogen-bond donors (Lipinski definition) is 2. The zero-order valence-electron chi connectivity index (χ0n) is 17.0. The molecular formula is C21H35Cl3N4O. The fraction of sp³-hybridized carbons (Fsp3) is 0.667. The highest BCUT2D eigenvalue weighted by Gasteiger charge is 2.26. The van der Waals surface area contributed by atoms with Gasteiger partial charge in [-0.15, -0.1) is 37.2 Å². The minimum atomic E-state index is 0. The molecule has 8 heteroatoms. The number of piperazine rings is 1. The Labute approximate surface area is 193 Å². The Morgan fingerprint density at radius 3 is 2.45 bits per heavy atom. The number of anilines is 2. The SMILES string of the molecule is Cl.Cl.Cl.O=C(CCC1CCNC1)Nc1cccc(N2CCN(CC3CC3)CC2)c1. The van der Waals surface area contributed by atoms with Crippen LogP contribution in [-0.4, -0.2) is 56.6 Å². The summed E-state index contributed by atoms with van der Waals surface area (Å²) in [6.45, 7) is 7.93. The highest BCUT2D eigenvalue weighted by molar-refractivity contribution is 5.91. The van der Waals surface area contributed by atoms with E-state index in [-0.39, 0.29) is 43.1 Å². The molecule has 4 rings (SSSR count). The van der Waals surface area contributed by atoms with Crippen LogP contribution < -0.4 is 15.5 Å². The van der Waals surface area contributed by atoms with Crippen LogP contribution in [-0.2, 0) is 4.79 Å². The summed E-state index contributed by atoms with van der Waals surface area (Å²) in [5, 5.41) is 6.46. The van der Waals surface area contributed by atoms with Crippen molar-refractivity contribution in [3.05, 3.63) is 24.3 Å². The highest BCUT2D eigenvalue weighted by atomic mass is 35.5. The zero-order chi connectivity index (χ0) is 17.8. The molecule has 29 heavy (non-hydrogen) atoms. The second kappa shape index (κ2) is 12.9. The van der Waals surface area contributed by atoms with E-state index < -0.39 is 0 Å². The molecule has 1 aromatic rings.